The SMILES string of the molecule is Cc1cc(N2CCCCC2)nc(CNC(=O)Nc2ccc3ccccc3c2)n1. The number of rotatable bonds is 4. The first-order valence-corrected chi connectivity index (χ1v) is 9.80. The zero-order valence-electron chi connectivity index (χ0n) is 16.1. The monoisotopic (exact) mass is 375 g/mol. The number of urea groups is 1. The fraction of sp³-hybridized carbons (Fsp3) is 0.318. The Morgan fingerprint density at radius 3 is 2.61 bits per heavy atom. The first-order chi connectivity index (χ1) is 13.7. The van der Waals surface area contributed by atoms with E-state index in [-0.39, 0.29) is 6.03 Å². The second-order valence-electron chi connectivity index (χ2n) is 7.20. The molecule has 0 aliphatic carbocycles. The third-order valence-electron chi connectivity index (χ3n) is 4.98. The molecule has 1 aliphatic heterocycles. The Labute approximate surface area is 165 Å². The highest BCUT2D eigenvalue weighted by molar-refractivity contribution is 5.93. The van der Waals surface area contributed by atoms with E-state index in [0.29, 0.717) is 12.4 Å². The molecule has 4 rings (SSSR count). The molecule has 2 aromatic carbocycles. The molecule has 3 aromatic rings. The van der Waals surface area contributed by atoms with Crippen LogP contribution in [0.4, 0.5) is 16.3 Å². The zero-order valence-corrected chi connectivity index (χ0v) is 16.1. The second-order valence-corrected chi connectivity index (χ2v) is 7.20. The summed E-state index contributed by atoms with van der Waals surface area (Å²) >= 11 is 0. The fourth-order valence-corrected chi connectivity index (χ4v) is 3.58. The van der Waals surface area contributed by atoms with E-state index < -0.39 is 0 Å². The number of amides is 2. The van der Waals surface area contributed by atoms with E-state index in [4.69, 9.17) is 0 Å². The Morgan fingerprint density at radius 2 is 1.79 bits per heavy atom. The van der Waals surface area contributed by atoms with Crippen molar-refractivity contribution in [2.24, 2.45) is 0 Å². The predicted molar refractivity (Wildman–Crippen MR) is 113 cm³/mol. The molecule has 2 amide bonds. The van der Waals surface area contributed by atoms with Gasteiger partial charge in [0.2, 0.25) is 0 Å². The Kier molecular flexibility index (Phi) is 5.37. The van der Waals surface area contributed by atoms with E-state index >= 15 is 0 Å². The van der Waals surface area contributed by atoms with E-state index in [9.17, 15) is 4.79 Å². The lowest BCUT2D eigenvalue weighted by Crippen LogP contribution is -2.32. The van der Waals surface area contributed by atoms with Gasteiger partial charge >= 0.3 is 6.03 Å². The number of hydrogen-bond donors (Lipinski definition) is 2. The maximum Gasteiger partial charge on any atom is 0.319 e. The normalized spacial score (nSPS) is 14.1. The number of fused-ring (bicyclic) bond motifs is 1. The molecule has 144 valence electrons. The Morgan fingerprint density at radius 1 is 1.00 bits per heavy atom. The van der Waals surface area contributed by atoms with Gasteiger partial charge in [-0.25, -0.2) is 14.8 Å². The van der Waals surface area contributed by atoms with Crippen LogP contribution in [-0.4, -0.2) is 29.1 Å². The van der Waals surface area contributed by atoms with Crippen molar-refractivity contribution in [1.82, 2.24) is 15.3 Å². The smallest absolute Gasteiger partial charge is 0.319 e. The van der Waals surface area contributed by atoms with Crippen molar-refractivity contribution < 1.29 is 4.79 Å². The van der Waals surface area contributed by atoms with Gasteiger partial charge in [-0.1, -0.05) is 30.3 Å². The largest absolute Gasteiger partial charge is 0.357 e. The minimum atomic E-state index is -0.264. The summed E-state index contributed by atoms with van der Waals surface area (Å²) in [5.41, 5.74) is 1.68. The van der Waals surface area contributed by atoms with Crippen molar-refractivity contribution in [1.29, 1.82) is 0 Å². The lowest BCUT2D eigenvalue weighted by Gasteiger charge is -2.28. The first-order valence-electron chi connectivity index (χ1n) is 9.80. The highest BCUT2D eigenvalue weighted by atomic mass is 16.2. The zero-order chi connectivity index (χ0) is 19.3. The van der Waals surface area contributed by atoms with Crippen LogP contribution in [0.2, 0.25) is 0 Å². The van der Waals surface area contributed by atoms with Gasteiger partial charge in [0.1, 0.15) is 11.6 Å². The molecule has 0 saturated carbocycles. The molecule has 1 saturated heterocycles. The first kappa shape index (κ1) is 18.2. The summed E-state index contributed by atoms with van der Waals surface area (Å²) in [6, 6.07) is 15.7. The van der Waals surface area contributed by atoms with Crippen molar-refractivity contribution in [3.05, 3.63) is 60.0 Å². The second kappa shape index (κ2) is 8.25. The molecule has 6 heteroatoms. The summed E-state index contributed by atoms with van der Waals surface area (Å²) in [4.78, 5) is 23.7. The molecule has 0 atom stereocenters. The van der Waals surface area contributed by atoms with Crippen molar-refractivity contribution in [2.75, 3.05) is 23.3 Å². The highest BCUT2D eigenvalue weighted by Gasteiger charge is 2.14. The number of benzene rings is 2. The van der Waals surface area contributed by atoms with E-state index in [1.54, 1.807) is 0 Å². The van der Waals surface area contributed by atoms with Gasteiger partial charge < -0.3 is 15.5 Å². The van der Waals surface area contributed by atoms with Crippen molar-refractivity contribution in [3.63, 3.8) is 0 Å². The summed E-state index contributed by atoms with van der Waals surface area (Å²) in [5, 5.41) is 7.98. The number of nitrogens with one attached hydrogen (secondary N) is 2. The molecule has 1 fully saturated rings. The van der Waals surface area contributed by atoms with Crippen LogP contribution in [0.5, 0.6) is 0 Å². The van der Waals surface area contributed by atoms with Gasteiger partial charge in [0.05, 0.1) is 6.54 Å². The number of nitrogens with zero attached hydrogens (tertiary/aromatic N) is 3. The van der Waals surface area contributed by atoms with Gasteiger partial charge in [-0.05, 0) is 49.1 Å². The molecule has 28 heavy (non-hydrogen) atoms. The molecule has 2 N–H and O–H groups in total. The third kappa shape index (κ3) is 4.39. The maximum absolute atomic E-state index is 12.3. The van der Waals surface area contributed by atoms with Crippen LogP contribution in [0.3, 0.4) is 0 Å². The lowest BCUT2D eigenvalue weighted by atomic mass is 10.1. The summed E-state index contributed by atoms with van der Waals surface area (Å²) in [6.45, 7) is 4.33. The molecule has 0 spiro atoms. The topological polar surface area (TPSA) is 70.2 Å². The third-order valence-corrected chi connectivity index (χ3v) is 4.98. The summed E-state index contributed by atoms with van der Waals surface area (Å²) in [6.07, 6.45) is 3.68. The van der Waals surface area contributed by atoms with Crippen LogP contribution < -0.4 is 15.5 Å². The highest BCUT2D eigenvalue weighted by Crippen LogP contribution is 2.19. The van der Waals surface area contributed by atoms with Crippen molar-refractivity contribution >= 4 is 28.3 Å². The molecular formula is C22H25N5O. The number of hydrogen-bond acceptors (Lipinski definition) is 4. The summed E-state index contributed by atoms with van der Waals surface area (Å²) in [5.74, 6) is 1.59. The average Bonchev–Trinajstić information content (AvgIpc) is 2.72. The Balaban J connectivity index is 1.39. The van der Waals surface area contributed by atoms with Crippen LogP contribution >= 0.6 is 0 Å². The molecule has 0 unspecified atom stereocenters. The van der Waals surface area contributed by atoms with Gasteiger partial charge in [-0.3, -0.25) is 0 Å². The number of aromatic nitrogens is 2. The van der Waals surface area contributed by atoms with E-state index in [0.717, 1.165) is 41.1 Å². The quantitative estimate of drug-likeness (QED) is 0.715. The van der Waals surface area contributed by atoms with Crippen molar-refractivity contribution in [3.8, 4) is 0 Å². The van der Waals surface area contributed by atoms with E-state index in [1.807, 2.05) is 55.5 Å². The van der Waals surface area contributed by atoms with Gasteiger partial charge in [-0.2, -0.15) is 0 Å². The molecule has 1 aromatic heterocycles. The van der Waals surface area contributed by atoms with Gasteiger partial charge in [-0.15, -0.1) is 0 Å². The predicted octanol–water partition coefficient (Wildman–Crippen LogP) is 4.25. The molecule has 0 radical (unpaired) electrons. The van der Waals surface area contributed by atoms with Crippen LogP contribution in [-0.2, 0) is 6.54 Å². The summed E-state index contributed by atoms with van der Waals surface area (Å²) in [7, 11) is 0. The number of aryl methyl sites for hydroxylation is 1. The van der Waals surface area contributed by atoms with Gasteiger partial charge in [0.15, 0.2) is 0 Å². The number of carbonyl (C=O) groups is 1. The fourth-order valence-electron chi connectivity index (χ4n) is 3.58. The van der Waals surface area contributed by atoms with E-state index in [1.165, 1.54) is 19.3 Å². The minimum Gasteiger partial charge on any atom is -0.357 e. The van der Waals surface area contributed by atoms with Gasteiger partial charge in [0, 0.05) is 30.5 Å². The summed E-state index contributed by atoms with van der Waals surface area (Å²) < 4.78 is 0. The minimum absolute atomic E-state index is 0.264. The van der Waals surface area contributed by atoms with Crippen LogP contribution in [0.1, 0.15) is 30.8 Å². The number of anilines is 2. The maximum atomic E-state index is 12.3. The standard InChI is InChI=1S/C22H25N5O/c1-16-13-21(27-11-5-2-6-12-27)26-20(24-16)15-23-22(28)25-19-10-9-17-7-3-4-8-18(17)14-19/h3-4,7-10,13-14H,2,5-6,11-12,15H2,1H3,(H2,23,25,28). The molecule has 2 heterocycles. The van der Waals surface area contributed by atoms with Crippen molar-refractivity contribution in [2.45, 2.75) is 32.7 Å². The average molecular weight is 375 g/mol. The Bertz CT molecular complexity index is 982. The molecule has 0 bridgehead atoms. The van der Waals surface area contributed by atoms with Crippen LogP contribution in [0, 0.1) is 6.92 Å². The van der Waals surface area contributed by atoms with Crippen LogP contribution in [0.25, 0.3) is 10.8 Å². The lowest BCUT2D eigenvalue weighted by molar-refractivity contribution is 0.251. The Hall–Kier alpha value is -3.15. The molecule has 1 aliphatic rings. The molecule has 6 nitrogen and oxygen atoms in total. The van der Waals surface area contributed by atoms with E-state index in [2.05, 4.69) is 25.5 Å². The van der Waals surface area contributed by atoms with Gasteiger partial charge in [0.25, 0.3) is 0 Å². The number of carbonyl (C=O) groups excluding carboxylic acids is 1. The molecular weight excluding hydrogens is 350 g/mol. The number of piperidine rings is 1. The van der Waals surface area contributed by atoms with Crippen LogP contribution in [0.15, 0.2) is 48.5 Å².